The number of hydrogen-bond acceptors (Lipinski definition) is 3. The Morgan fingerprint density at radius 1 is 1.42 bits per heavy atom. The van der Waals surface area contributed by atoms with Gasteiger partial charge >= 0.3 is 5.69 Å². The van der Waals surface area contributed by atoms with Crippen LogP contribution in [0.4, 0.5) is 5.69 Å². The molecule has 0 heterocycles. The number of rotatable bonds is 2. The van der Waals surface area contributed by atoms with Crippen LogP contribution in [0.25, 0.3) is 4.98 Å². The summed E-state index contributed by atoms with van der Waals surface area (Å²) in [7, 11) is 0. The molecule has 0 saturated heterocycles. The van der Waals surface area contributed by atoms with E-state index in [4.69, 9.17) is 5.39 Å². The largest absolute Gasteiger partial charge is 0.550 e. The van der Waals surface area contributed by atoms with Crippen LogP contribution in [0, 0.1) is 5.39 Å². The van der Waals surface area contributed by atoms with Gasteiger partial charge in [0.25, 0.3) is 0 Å². The number of benzene rings is 1. The topological polar surface area (TPSA) is 68.3 Å². The number of carbonyl (C=O) groups excluding carboxylic acids is 1. The van der Waals surface area contributed by atoms with Gasteiger partial charge in [-0.05, 0) is 5.56 Å². The molecule has 0 spiro atoms. The number of carboxylic acid groups (broad SMARTS) is 1. The van der Waals surface area contributed by atoms with E-state index in [-0.39, 0.29) is 6.42 Å². The third-order valence-corrected chi connectivity index (χ3v) is 1.40. The van der Waals surface area contributed by atoms with Gasteiger partial charge < -0.3 is 9.90 Å². The summed E-state index contributed by atoms with van der Waals surface area (Å²) >= 11 is 0. The molecule has 0 saturated carbocycles. The first-order chi connectivity index (χ1) is 5.72. The zero-order valence-corrected chi connectivity index (χ0v) is 6.23. The van der Waals surface area contributed by atoms with E-state index in [1.165, 1.54) is 12.1 Å². The van der Waals surface area contributed by atoms with Gasteiger partial charge in [-0.25, -0.2) is 0 Å². The van der Waals surface area contributed by atoms with Crippen LogP contribution in [0.1, 0.15) is 5.56 Å². The van der Waals surface area contributed by atoms with Gasteiger partial charge in [0, 0.05) is 24.5 Å². The summed E-state index contributed by atoms with van der Waals surface area (Å²) in [5.41, 5.74) is 1.03. The molecule has 4 nitrogen and oxygen atoms in total. The molecule has 0 aliphatic carbocycles. The van der Waals surface area contributed by atoms with Crippen LogP contribution < -0.4 is 5.11 Å². The molecule has 0 unspecified atom stereocenters. The van der Waals surface area contributed by atoms with Crippen LogP contribution in [0.2, 0.25) is 0 Å². The standard InChI is InChI=1S/C8H6N2O2/c9-10-7-3-1-6(2-4-7)5-8(11)12/h1-4H,5H2. The molecule has 0 bridgehead atoms. The molecule has 0 atom stereocenters. The second-order valence-electron chi connectivity index (χ2n) is 2.32. The van der Waals surface area contributed by atoms with Gasteiger partial charge in [0.15, 0.2) is 4.98 Å². The van der Waals surface area contributed by atoms with Gasteiger partial charge in [0.05, 0.1) is 0 Å². The number of carbonyl (C=O) groups is 1. The first-order valence-corrected chi connectivity index (χ1v) is 3.36. The van der Waals surface area contributed by atoms with Crippen molar-refractivity contribution in [3.05, 3.63) is 34.8 Å². The van der Waals surface area contributed by atoms with Crippen LogP contribution in [0.15, 0.2) is 24.3 Å². The number of diazo groups is 1. The monoisotopic (exact) mass is 162 g/mol. The molecule has 1 aromatic rings. The van der Waals surface area contributed by atoms with E-state index in [9.17, 15) is 9.90 Å². The average Bonchev–Trinajstić information content (AvgIpc) is 2.05. The van der Waals surface area contributed by atoms with Gasteiger partial charge in [-0.1, -0.05) is 12.1 Å². The predicted molar refractivity (Wildman–Crippen MR) is 39.9 cm³/mol. The highest BCUT2D eigenvalue weighted by Crippen LogP contribution is 2.12. The molecule has 12 heavy (non-hydrogen) atoms. The van der Waals surface area contributed by atoms with Crippen molar-refractivity contribution in [2.45, 2.75) is 6.42 Å². The molecule has 0 N–H and O–H groups in total. The highest BCUT2D eigenvalue weighted by atomic mass is 16.4. The fourth-order valence-corrected chi connectivity index (χ4v) is 0.847. The zero-order chi connectivity index (χ0) is 8.97. The Balaban J connectivity index is 2.80. The van der Waals surface area contributed by atoms with E-state index in [1.807, 2.05) is 0 Å². The highest BCUT2D eigenvalue weighted by Gasteiger charge is 2.01. The van der Waals surface area contributed by atoms with Gasteiger partial charge in [-0.15, -0.1) is 0 Å². The van der Waals surface area contributed by atoms with Crippen LogP contribution in [0.3, 0.4) is 0 Å². The summed E-state index contributed by atoms with van der Waals surface area (Å²) < 4.78 is 0. The minimum atomic E-state index is -1.12. The van der Waals surface area contributed by atoms with Crippen LogP contribution in [-0.4, -0.2) is 5.97 Å². The van der Waals surface area contributed by atoms with Crippen molar-refractivity contribution in [2.24, 2.45) is 0 Å². The fraction of sp³-hybridized carbons (Fsp3) is 0.125. The Kier molecular flexibility index (Phi) is 2.38. The second kappa shape index (κ2) is 3.49. The smallest absolute Gasteiger partial charge is 0.385 e. The lowest BCUT2D eigenvalue weighted by Crippen LogP contribution is -2.24. The van der Waals surface area contributed by atoms with Crippen LogP contribution in [-0.2, 0) is 11.2 Å². The quantitative estimate of drug-likeness (QED) is 0.593. The molecule has 1 aromatic carbocycles. The van der Waals surface area contributed by atoms with E-state index >= 15 is 0 Å². The zero-order valence-electron chi connectivity index (χ0n) is 6.23. The molecule has 1 rings (SSSR count). The van der Waals surface area contributed by atoms with Crippen molar-refractivity contribution in [3.8, 4) is 0 Å². The number of aliphatic carboxylic acids is 1. The normalized spacial score (nSPS) is 8.92. The lowest BCUT2D eigenvalue weighted by Gasteiger charge is -1.99. The Labute approximate surface area is 69.1 Å². The van der Waals surface area contributed by atoms with Crippen molar-refractivity contribution in [2.75, 3.05) is 0 Å². The van der Waals surface area contributed by atoms with Gasteiger partial charge in [-0.2, -0.15) is 0 Å². The SMILES string of the molecule is N#[N+]c1ccc(CC(=O)[O-])cc1. The molecule has 4 heteroatoms. The average molecular weight is 162 g/mol. The highest BCUT2D eigenvalue weighted by molar-refractivity contribution is 5.68. The third-order valence-electron chi connectivity index (χ3n) is 1.40. The number of nitrogens with zero attached hydrogens (tertiary/aromatic N) is 2. The molecule has 0 amide bonds. The van der Waals surface area contributed by atoms with Crippen molar-refractivity contribution in [1.82, 2.24) is 0 Å². The lowest BCUT2D eigenvalue weighted by atomic mass is 10.1. The van der Waals surface area contributed by atoms with E-state index in [2.05, 4.69) is 4.98 Å². The molecule has 0 radical (unpaired) electrons. The minimum Gasteiger partial charge on any atom is -0.550 e. The summed E-state index contributed by atoms with van der Waals surface area (Å²) in [5, 5.41) is 18.4. The number of hydrogen-bond donors (Lipinski definition) is 0. The van der Waals surface area contributed by atoms with Gasteiger partial charge in [-0.3, -0.25) is 0 Å². The third kappa shape index (κ3) is 2.06. The first kappa shape index (κ1) is 8.21. The minimum absolute atomic E-state index is 0.119. The Bertz CT molecular complexity index is 324. The molecule has 0 aliphatic rings. The lowest BCUT2D eigenvalue weighted by molar-refractivity contribution is -0.304. The fourth-order valence-electron chi connectivity index (χ4n) is 0.847. The summed E-state index contributed by atoms with van der Waals surface area (Å²) in [4.78, 5) is 13.1. The predicted octanol–water partition coefficient (Wildman–Crippen LogP) is 0.464. The Hall–Kier alpha value is -1.89. The van der Waals surface area contributed by atoms with Crippen molar-refractivity contribution in [1.29, 1.82) is 5.39 Å². The Morgan fingerprint density at radius 2 is 2.00 bits per heavy atom. The summed E-state index contributed by atoms with van der Waals surface area (Å²) in [5.74, 6) is -1.12. The van der Waals surface area contributed by atoms with Crippen molar-refractivity contribution < 1.29 is 9.90 Å². The van der Waals surface area contributed by atoms with Crippen molar-refractivity contribution >= 4 is 11.7 Å². The summed E-state index contributed by atoms with van der Waals surface area (Å²) in [6.45, 7) is 0. The number of carboxylic acids is 1. The van der Waals surface area contributed by atoms with E-state index < -0.39 is 5.97 Å². The van der Waals surface area contributed by atoms with E-state index in [1.54, 1.807) is 12.1 Å². The first-order valence-electron chi connectivity index (χ1n) is 3.36. The molecular weight excluding hydrogens is 156 g/mol. The molecule has 0 fully saturated rings. The maximum atomic E-state index is 10.1. The van der Waals surface area contributed by atoms with Crippen LogP contribution >= 0.6 is 0 Å². The maximum absolute atomic E-state index is 10.1. The van der Waals surface area contributed by atoms with E-state index in [0.717, 1.165) is 0 Å². The van der Waals surface area contributed by atoms with Gasteiger partial charge in [0.1, 0.15) is 0 Å². The van der Waals surface area contributed by atoms with E-state index in [0.29, 0.717) is 11.3 Å². The summed E-state index contributed by atoms with van der Waals surface area (Å²) in [6, 6.07) is 6.20. The second-order valence-corrected chi connectivity index (χ2v) is 2.32. The van der Waals surface area contributed by atoms with Crippen molar-refractivity contribution in [3.63, 3.8) is 0 Å². The van der Waals surface area contributed by atoms with Gasteiger partial charge in [0.2, 0.25) is 5.39 Å². The van der Waals surface area contributed by atoms with Crippen LogP contribution in [0.5, 0.6) is 0 Å². The molecule has 0 aliphatic heterocycles. The Morgan fingerprint density at radius 3 is 2.42 bits per heavy atom. The summed E-state index contributed by atoms with van der Waals surface area (Å²) in [6.07, 6.45) is -0.119. The molecule has 0 aromatic heterocycles. The molecule has 60 valence electrons. The molecular formula is C8H6N2O2. The maximum Gasteiger partial charge on any atom is 0.385 e.